The molecule has 2 aromatic rings. The molecule has 1 aromatic heterocycles. The Morgan fingerprint density at radius 1 is 1.20 bits per heavy atom. The van der Waals surface area contributed by atoms with E-state index in [1.54, 1.807) is 31.4 Å². The SMILES string of the molecule is COc1cccc2c1CCN2S(=O)(=O)c1ccccn1. The molecular weight excluding hydrogens is 276 g/mol. The summed E-state index contributed by atoms with van der Waals surface area (Å²) in [6.45, 7) is 0.411. The molecule has 0 spiro atoms. The number of pyridine rings is 1. The second-order valence-electron chi connectivity index (χ2n) is 4.45. The lowest BCUT2D eigenvalue weighted by Gasteiger charge is -2.19. The predicted molar refractivity (Wildman–Crippen MR) is 75.5 cm³/mol. The average molecular weight is 290 g/mol. The summed E-state index contributed by atoms with van der Waals surface area (Å²) in [5.74, 6) is 0.723. The van der Waals surface area contributed by atoms with Crippen molar-refractivity contribution in [3.63, 3.8) is 0 Å². The van der Waals surface area contributed by atoms with E-state index in [-0.39, 0.29) is 5.03 Å². The van der Waals surface area contributed by atoms with Crippen molar-refractivity contribution in [1.82, 2.24) is 4.98 Å². The van der Waals surface area contributed by atoms with Gasteiger partial charge in [0.2, 0.25) is 0 Å². The maximum Gasteiger partial charge on any atom is 0.281 e. The minimum atomic E-state index is -3.61. The number of fused-ring (bicyclic) bond motifs is 1. The molecule has 1 aliphatic heterocycles. The highest BCUT2D eigenvalue weighted by molar-refractivity contribution is 7.92. The van der Waals surface area contributed by atoms with E-state index in [0.717, 1.165) is 11.3 Å². The van der Waals surface area contributed by atoms with Gasteiger partial charge in [-0.3, -0.25) is 4.31 Å². The van der Waals surface area contributed by atoms with Gasteiger partial charge in [-0.2, -0.15) is 8.42 Å². The number of nitrogens with zero attached hydrogens (tertiary/aromatic N) is 2. The molecule has 0 bridgehead atoms. The maximum atomic E-state index is 12.6. The van der Waals surface area contributed by atoms with Crippen molar-refractivity contribution in [1.29, 1.82) is 0 Å². The van der Waals surface area contributed by atoms with Gasteiger partial charge in [-0.1, -0.05) is 12.1 Å². The summed E-state index contributed by atoms with van der Waals surface area (Å²) in [6, 6.07) is 10.3. The molecule has 0 aliphatic carbocycles. The summed E-state index contributed by atoms with van der Waals surface area (Å²) in [5, 5.41) is 0.0654. The highest BCUT2D eigenvalue weighted by Gasteiger charge is 2.33. The number of rotatable bonds is 3. The fraction of sp³-hybridized carbons (Fsp3) is 0.214. The van der Waals surface area contributed by atoms with Crippen molar-refractivity contribution < 1.29 is 13.2 Å². The van der Waals surface area contributed by atoms with E-state index < -0.39 is 10.0 Å². The fourth-order valence-corrected chi connectivity index (χ4v) is 3.86. The third-order valence-electron chi connectivity index (χ3n) is 3.35. The van der Waals surface area contributed by atoms with Crippen LogP contribution in [0, 0.1) is 0 Å². The minimum absolute atomic E-state index is 0.0654. The first-order valence-electron chi connectivity index (χ1n) is 6.24. The van der Waals surface area contributed by atoms with Crippen LogP contribution < -0.4 is 9.04 Å². The first-order chi connectivity index (χ1) is 9.64. The maximum absolute atomic E-state index is 12.6. The number of ether oxygens (including phenoxy) is 1. The van der Waals surface area contributed by atoms with Crippen LogP contribution in [0.3, 0.4) is 0 Å². The molecule has 5 nitrogen and oxygen atoms in total. The number of sulfonamides is 1. The van der Waals surface area contributed by atoms with E-state index in [0.29, 0.717) is 18.7 Å². The Hall–Kier alpha value is -2.08. The van der Waals surface area contributed by atoms with Gasteiger partial charge in [0.15, 0.2) is 5.03 Å². The van der Waals surface area contributed by atoms with Crippen molar-refractivity contribution in [3.05, 3.63) is 48.2 Å². The number of hydrogen-bond donors (Lipinski definition) is 0. The molecule has 0 fully saturated rings. The van der Waals surface area contributed by atoms with Crippen molar-refractivity contribution in [2.75, 3.05) is 18.0 Å². The van der Waals surface area contributed by atoms with E-state index in [2.05, 4.69) is 4.98 Å². The van der Waals surface area contributed by atoms with Crippen molar-refractivity contribution in [2.24, 2.45) is 0 Å². The van der Waals surface area contributed by atoms with Crippen LogP contribution in [-0.4, -0.2) is 27.1 Å². The molecule has 0 saturated heterocycles. The van der Waals surface area contributed by atoms with Gasteiger partial charge in [-0.25, -0.2) is 4.98 Å². The molecule has 0 atom stereocenters. The summed E-state index contributed by atoms with van der Waals surface area (Å²) >= 11 is 0. The zero-order chi connectivity index (χ0) is 14.2. The molecule has 6 heteroatoms. The van der Waals surface area contributed by atoms with Crippen LogP contribution in [0.1, 0.15) is 5.56 Å². The quantitative estimate of drug-likeness (QED) is 0.865. The third-order valence-corrected chi connectivity index (χ3v) is 5.08. The molecule has 1 aliphatic rings. The van der Waals surface area contributed by atoms with E-state index in [4.69, 9.17) is 4.74 Å². The molecule has 2 heterocycles. The Balaban J connectivity index is 2.08. The van der Waals surface area contributed by atoms with Crippen LogP contribution >= 0.6 is 0 Å². The zero-order valence-electron chi connectivity index (χ0n) is 11.0. The summed E-state index contributed by atoms with van der Waals surface area (Å²) in [5.41, 5.74) is 1.60. The summed E-state index contributed by atoms with van der Waals surface area (Å²) in [4.78, 5) is 3.95. The molecule has 0 N–H and O–H groups in total. The Labute approximate surface area is 117 Å². The average Bonchev–Trinajstić information content (AvgIpc) is 2.92. The molecule has 0 radical (unpaired) electrons. The smallest absolute Gasteiger partial charge is 0.281 e. The van der Waals surface area contributed by atoms with Gasteiger partial charge in [-0.05, 0) is 30.7 Å². The molecular formula is C14H14N2O3S. The normalized spacial score (nSPS) is 14.2. The Bertz CT molecular complexity index is 729. The van der Waals surface area contributed by atoms with Gasteiger partial charge in [0, 0.05) is 18.3 Å². The van der Waals surface area contributed by atoms with Crippen LogP contribution in [0.5, 0.6) is 5.75 Å². The number of anilines is 1. The summed E-state index contributed by atoms with van der Waals surface area (Å²) in [6.07, 6.45) is 2.13. The predicted octanol–water partition coefficient (Wildman–Crippen LogP) is 1.84. The second kappa shape index (κ2) is 4.79. The summed E-state index contributed by atoms with van der Waals surface area (Å²) in [7, 11) is -2.02. The second-order valence-corrected chi connectivity index (χ2v) is 6.26. The standard InChI is InChI=1S/C14H14N2O3S/c1-19-13-6-4-5-12-11(13)8-10-16(12)20(17,18)14-7-2-3-9-15-14/h2-7,9H,8,10H2,1H3. The third kappa shape index (κ3) is 1.92. The van der Waals surface area contributed by atoms with Gasteiger partial charge in [-0.15, -0.1) is 0 Å². The largest absolute Gasteiger partial charge is 0.496 e. The van der Waals surface area contributed by atoms with E-state index in [1.165, 1.54) is 16.6 Å². The van der Waals surface area contributed by atoms with Crippen LogP contribution in [0.2, 0.25) is 0 Å². The Kier molecular flexibility index (Phi) is 3.10. The number of hydrogen-bond acceptors (Lipinski definition) is 4. The van der Waals surface area contributed by atoms with Crippen molar-refractivity contribution in [3.8, 4) is 5.75 Å². The Morgan fingerprint density at radius 2 is 2.05 bits per heavy atom. The molecule has 3 rings (SSSR count). The molecule has 0 unspecified atom stereocenters. The number of benzene rings is 1. The van der Waals surface area contributed by atoms with Gasteiger partial charge in [0.1, 0.15) is 5.75 Å². The van der Waals surface area contributed by atoms with Gasteiger partial charge < -0.3 is 4.74 Å². The van der Waals surface area contributed by atoms with E-state index >= 15 is 0 Å². The molecule has 0 amide bonds. The topological polar surface area (TPSA) is 59.5 Å². The lowest BCUT2D eigenvalue weighted by atomic mass is 10.1. The molecule has 20 heavy (non-hydrogen) atoms. The van der Waals surface area contributed by atoms with Crippen LogP contribution in [0.4, 0.5) is 5.69 Å². The first-order valence-corrected chi connectivity index (χ1v) is 7.68. The van der Waals surface area contributed by atoms with Crippen LogP contribution in [0.15, 0.2) is 47.6 Å². The number of aromatic nitrogens is 1. The minimum Gasteiger partial charge on any atom is -0.496 e. The highest BCUT2D eigenvalue weighted by Crippen LogP contribution is 2.37. The number of methoxy groups -OCH3 is 1. The molecule has 104 valence electrons. The Morgan fingerprint density at radius 3 is 2.75 bits per heavy atom. The molecule has 0 saturated carbocycles. The highest BCUT2D eigenvalue weighted by atomic mass is 32.2. The lowest BCUT2D eigenvalue weighted by Crippen LogP contribution is -2.29. The zero-order valence-corrected chi connectivity index (χ0v) is 11.8. The molecule has 1 aromatic carbocycles. The van der Waals surface area contributed by atoms with Gasteiger partial charge >= 0.3 is 0 Å². The van der Waals surface area contributed by atoms with Crippen LogP contribution in [-0.2, 0) is 16.4 Å². The van der Waals surface area contributed by atoms with E-state index in [9.17, 15) is 8.42 Å². The lowest BCUT2D eigenvalue weighted by molar-refractivity contribution is 0.411. The van der Waals surface area contributed by atoms with Gasteiger partial charge in [0.25, 0.3) is 10.0 Å². The van der Waals surface area contributed by atoms with Crippen LogP contribution in [0.25, 0.3) is 0 Å². The van der Waals surface area contributed by atoms with Crippen molar-refractivity contribution in [2.45, 2.75) is 11.4 Å². The summed E-state index contributed by atoms with van der Waals surface area (Å²) < 4.78 is 31.9. The first kappa shape index (κ1) is 12.9. The monoisotopic (exact) mass is 290 g/mol. The van der Waals surface area contributed by atoms with E-state index in [1.807, 2.05) is 6.07 Å². The van der Waals surface area contributed by atoms with Gasteiger partial charge in [0.05, 0.1) is 12.8 Å². The fourth-order valence-electron chi connectivity index (χ4n) is 2.43. The van der Waals surface area contributed by atoms with Crippen molar-refractivity contribution >= 4 is 15.7 Å².